The van der Waals surface area contributed by atoms with E-state index in [1.54, 1.807) is 7.11 Å². The first-order valence-corrected chi connectivity index (χ1v) is 8.07. The predicted octanol–water partition coefficient (Wildman–Crippen LogP) is 3.52. The van der Waals surface area contributed by atoms with Crippen LogP contribution in [0.2, 0.25) is 0 Å². The van der Waals surface area contributed by atoms with Gasteiger partial charge in [0.15, 0.2) is 0 Å². The summed E-state index contributed by atoms with van der Waals surface area (Å²) in [5.74, 6) is 1.82. The zero-order valence-electron chi connectivity index (χ0n) is 14.3. The highest BCUT2D eigenvalue weighted by Gasteiger charge is 2.13. The van der Waals surface area contributed by atoms with Crippen LogP contribution >= 0.6 is 0 Å². The van der Waals surface area contributed by atoms with Crippen molar-refractivity contribution in [3.63, 3.8) is 0 Å². The van der Waals surface area contributed by atoms with Gasteiger partial charge in [-0.05, 0) is 13.0 Å². The molecule has 0 radical (unpaired) electrons. The topological polar surface area (TPSA) is 64.4 Å². The summed E-state index contributed by atoms with van der Waals surface area (Å²) in [6.45, 7) is 2.12. The molecule has 128 valence electrons. The van der Waals surface area contributed by atoms with E-state index in [1.807, 2.05) is 61.5 Å². The number of carbonyl (C=O) groups is 1. The van der Waals surface area contributed by atoms with Crippen molar-refractivity contribution < 1.29 is 13.9 Å². The lowest BCUT2D eigenvalue weighted by atomic mass is 10.1. The molecule has 1 amide bonds. The van der Waals surface area contributed by atoms with E-state index in [0.29, 0.717) is 11.6 Å². The molecule has 1 aromatic heterocycles. The molecule has 0 saturated heterocycles. The maximum absolute atomic E-state index is 12.2. The largest absolute Gasteiger partial charge is 0.496 e. The minimum atomic E-state index is -0.110. The Kier molecular flexibility index (Phi) is 5.14. The molecule has 0 atom stereocenters. The standard InChI is InChI=1S/C20H20N2O3/c1-14-20(15-8-4-3-5-9-15)22-19(25-14)13-21-18(23)12-16-10-6-7-11-17(16)24-2/h3-11H,12-13H2,1-2H3,(H,21,23). The number of hydrogen-bond acceptors (Lipinski definition) is 4. The van der Waals surface area contributed by atoms with E-state index in [9.17, 15) is 4.79 Å². The first kappa shape index (κ1) is 16.8. The van der Waals surface area contributed by atoms with Crippen molar-refractivity contribution in [1.29, 1.82) is 0 Å². The van der Waals surface area contributed by atoms with Crippen molar-refractivity contribution >= 4 is 5.91 Å². The van der Waals surface area contributed by atoms with Crippen LogP contribution in [0.1, 0.15) is 17.2 Å². The van der Waals surface area contributed by atoms with E-state index in [2.05, 4.69) is 10.3 Å². The van der Waals surface area contributed by atoms with Crippen LogP contribution < -0.4 is 10.1 Å². The number of nitrogens with one attached hydrogen (secondary N) is 1. The second-order valence-corrected chi connectivity index (χ2v) is 5.64. The first-order chi connectivity index (χ1) is 12.2. The zero-order chi connectivity index (χ0) is 17.6. The summed E-state index contributed by atoms with van der Waals surface area (Å²) >= 11 is 0. The number of para-hydroxylation sites is 1. The number of carbonyl (C=O) groups excluding carboxylic acids is 1. The minimum absolute atomic E-state index is 0.110. The number of hydrogen-bond donors (Lipinski definition) is 1. The smallest absolute Gasteiger partial charge is 0.224 e. The van der Waals surface area contributed by atoms with Crippen molar-refractivity contribution in [2.24, 2.45) is 0 Å². The van der Waals surface area contributed by atoms with Crippen molar-refractivity contribution in [3.05, 3.63) is 71.8 Å². The molecule has 1 heterocycles. The van der Waals surface area contributed by atoms with Crippen molar-refractivity contribution in [1.82, 2.24) is 10.3 Å². The van der Waals surface area contributed by atoms with Crippen LogP contribution in [0.15, 0.2) is 59.0 Å². The van der Waals surface area contributed by atoms with E-state index in [-0.39, 0.29) is 18.9 Å². The molecule has 2 aromatic carbocycles. The molecule has 0 aliphatic heterocycles. The van der Waals surface area contributed by atoms with Gasteiger partial charge in [0.1, 0.15) is 17.2 Å². The van der Waals surface area contributed by atoms with Gasteiger partial charge in [-0.2, -0.15) is 0 Å². The van der Waals surface area contributed by atoms with Crippen molar-refractivity contribution in [2.45, 2.75) is 19.9 Å². The van der Waals surface area contributed by atoms with Gasteiger partial charge in [-0.1, -0.05) is 48.5 Å². The van der Waals surface area contributed by atoms with E-state index in [4.69, 9.17) is 9.15 Å². The van der Waals surface area contributed by atoms with Gasteiger partial charge in [-0.3, -0.25) is 4.79 Å². The fourth-order valence-corrected chi connectivity index (χ4v) is 2.65. The molecule has 0 spiro atoms. The fourth-order valence-electron chi connectivity index (χ4n) is 2.65. The Balaban J connectivity index is 1.63. The normalized spacial score (nSPS) is 10.5. The van der Waals surface area contributed by atoms with Crippen LogP contribution in [0.25, 0.3) is 11.3 Å². The summed E-state index contributed by atoms with van der Waals surface area (Å²) in [7, 11) is 1.59. The summed E-state index contributed by atoms with van der Waals surface area (Å²) in [4.78, 5) is 16.7. The van der Waals surface area contributed by atoms with Gasteiger partial charge in [0, 0.05) is 11.1 Å². The van der Waals surface area contributed by atoms with Gasteiger partial charge >= 0.3 is 0 Å². The van der Waals surface area contributed by atoms with Gasteiger partial charge in [0.25, 0.3) is 0 Å². The van der Waals surface area contributed by atoms with Crippen molar-refractivity contribution in [2.75, 3.05) is 7.11 Å². The monoisotopic (exact) mass is 336 g/mol. The number of aromatic nitrogens is 1. The summed E-state index contributed by atoms with van der Waals surface area (Å²) in [6, 6.07) is 17.3. The average Bonchev–Trinajstić information content (AvgIpc) is 3.02. The number of nitrogens with zero attached hydrogens (tertiary/aromatic N) is 1. The lowest BCUT2D eigenvalue weighted by Gasteiger charge is -2.07. The van der Waals surface area contributed by atoms with E-state index >= 15 is 0 Å². The first-order valence-electron chi connectivity index (χ1n) is 8.07. The van der Waals surface area contributed by atoms with Crippen LogP contribution in [0.3, 0.4) is 0 Å². The third-order valence-corrected chi connectivity index (χ3v) is 3.87. The predicted molar refractivity (Wildman–Crippen MR) is 95.2 cm³/mol. The number of aryl methyl sites for hydroxylation is 1. The molecule has 25 heavy (non-hydrogen) atoms. The number of benzene rings is 2. The van der Waals surface area contributed by atoms with Gasteiger partial charge in [-0.25, -0.2) is 4.98 Å². The van der Waals surface area contributed by atoms with Crippen LogP contribution in [0.5, 0.6) is 5.75 Å². The average molecular weight is 336 g/mol. The molecular formula is C20H20N2O3. The molecule has 0 bridgehead atoms. The molecular weight excluding hydrogens is 316 g/mol. The molecule has 3 aromatic rings. The van der Waals surface area contributed by atoms with Gasteiger partial charge in [-0.15, -0.1) is 0 Å². The van der Waals surface area contributed by atoms with E-state index in [1.165, 1.54) is 0 Å². The molecule has 0 unspecified atom stereocenters. The molecule has 3 rings (SSSR count). The maximum atomic E-state index is 12.2. The highest BCUT2D eigenvalue weighted by atomic mass is 16.5. The SMILES string of the molecule is COc1ccccc1CC(=O)NCc1nc(-c2ccccc2)c(C)o1. The minimum Gasteiger partial charge on any atom is -0.496 e. The Morgan fingerprint density at radius 3 is 2.60 bits per heavy atom. The molecule has 0 saturated carbocycles. The molecule has 1 N–H and O–H groups in total. The highest BCUT2D eigenvalue weighted by molar-refractivity contribution is 5.79. The quantitative estimate of drug-likeness (QED) is 0.748. The van der Waals surface area contributed by atoms with E-state index < -0.39 is 0 Å². The second-order valence-electron chi connectivity index (χ2n) is 5.64. The molecule has 0 aliphatic carbocycles. The highest BCUT2D eigenvalue weighted by Crippen LogP contribution is 2.23. The third-order valence-electron chi connectivity index (χ3n) is 3.87. The Hall–Kier alpha value is -3.08. The molecule has 5 nitrogen and oxygen atoms in total. The fraction of sp³-hybridized carbons (Fsp3) is 0.200. The number of amides is 1. The van der Waals surface area contributed by atoms with Gasteiger partial charge in [0.05, 0.1) is 20.1 Å². The number of methoxy groups -OCH3 is 1. The van der Waals surface area contributed by atoms with E-state index in [0.717, 1.165) is 22.6 Å². The molecule has 0 fully saturated rings. The number of ether oxygens (including phenoxy) is 1. The number of rotatable bonds is 6. The lowest BCUT2D eigenvalue weighted by molar-refractivity contribution is -0.120. The van der Waals surface area contributed by atoms with Gasteiger partial charge < -0.3 is 14.5 Å². The Bertz CT molecular complexity index is 856. The Labute approximate surface area is 146 Å². The van der Waals surface area contributed by atoms with Crippen LogP contribution in [0, 0.1) is 6.92 Å². The zero-order valence-corrected chi connectivity index (χ0v) is 14.3. The summed E-state index contributed by atoms with van der Waals surface area (Å²) < 4.78 is 10.9. The molecule has 5 heteroatoms. The third kappa shape index (κ3) is 4.07. The van der Waals surface area contributed by atoms with Crippen molar-refractivity contribution in [3.8, 4) is 17.0 Å². The van der Waals surface area contributed by atoms with Crippen LogP contribution in [0.4, 0.5) is 0 Å². The summed E-state index contributed by atoms with van der Waals surface area (Å²) in [5, 5.41) is 2.84. The lowest BCUT2D eigenvalue weighted by Crippen LogP contribution is -2.24. The summed E-state index contributed by atoms with van der Waals surface area (Å²) in [5.41, 5.74) is 2.64. The van der Waals surface area contributed by atoms with Gasteiger partial charge in [0.2, 0.25) is 11.8 Å². The Morgan fingerprint density at radius 2 is 1.84 bits per heavy atom. The Morgan fingerprint density at radius 1 is 1.12 bits per heavy atom. The molecule has 0 aliphatic rings. The maximum Gasteiger partial charge on any atom is 0.224 e. The van der Waals surface area contributed by atoms with Crippen LogP contribution in [-0.2, 0) is 17.8 Å². The second kappa shape index (κ2) is 7.66. The summed E-state index contributed by atoms with van der Waals surface area (Å²) in [6.07, 6.45) is 0.245. The number of oxazole rings is 1. The van der Waals surface area contributed by atoms with Crippen LogP contribution in [-0.4, -0.2) is 18.0 Å².